The summed E-state index contributed by atoms with van der Waals surface area (Å²) in [6, 6.07) is 14.7. The Morgan fingerprint density at radius 2 is 1.83 bits per heavy atom. The molecule has 0 aliphatic rings. The van der Waals surface area contributed by atoms with Crippen molar-refractivity contribution in [3.05, 3.63) is 59.7 Å². The fourth-order valence-electron chi connectivity index (χ4n) is 2.42. The quantitative estimate of drug-likeness (QED) is 0.516. The molecule has 122 valence electrons. The minimum Gasteiger partial charge on any atom is -0.507 e. The number of hydrogen-bond donors (Lipinski definition) is 1. The summed E-state index contributed by atoms with van der Waals surface area (Å²) < 4.78 is 5.72. The first kappa shape index (κ1) is 17.1. The lowest BCUT2D eigenvalue weighted by molar-refractivity contribution is 0.0976. The summed E-state index contributed by atoms with van der Waals surface area (Å²) in [6.07, 6.45) is 4.66. The van der Waals surface area contributed by atoms with Crippen molar-refractivity contribution in [2.24, 2.45) is 0 Å². The van der Waals surface area contributed by atoms with Gasteiger partial charge in [-0.1, -0.05) is 56.5 Å². The summed E-state index contributed by atoms with van der Waals surface area (Å²) >= 11 is 0. The highest BCUT2D eigenvalue weighted by Crippen LogP contribution is 2.25. The highest BCUT2D eigenvalue weighted by molar-refractivity contribution is 5.98. The summed E-state index contributed by atoms with van der Waals surface area (Å²) in [5, 5.41) is 9.92. The molecule has 0 aliphatic carbocycles. The van der Waals surface area contributed by atoms with Gasteiger partial charge in [-0.3, -0.25) is 4.79 Å². The van der Waals surface area contributed by atoms with Crippen LogP contribution in [-0.4, -0.2) is 10.9 Å². The summed E-state index contributed by atoms with van der Waals surface area (Å²) in [5.74, 6) is 0.602. The molecular formula is C20H24O3. The minimum absolute atomic E-state index is 0.0243. The lowest BCUT2D eigenvalue weighted by Crippen LogP contribution is -2.01. The predicted octanol–water partition coefficient (Wildman–Crippen LogP) is 5.12. The maximum atomic E-state index is 12.2. The summed E-state index contributed by atoms with van der Waals surface area (Å²) in [5.41, 5.74) is 1.42. The van der Waals surface area contributed by atoms with Gasteiger partial charge in [-0.05, 0) is 30.2 Å². The zero-order chi connectivity index (χ0) is 16.5. The number of Topliss-reactive ketones (excluding diaryl/α,β-unsaturated/α-hetero) is 1. The van der Waals surface area contributed by atoms with E-state index in [1.54, 1.807) is 12.1 Å². The van der Waals surface area contributed by atoms with E-state index in [2.05, 4.69) is 6.92 Å². The van der Waals surface area contributed by atoms with Crippen molar-refractivity contribution >= 4 is 5.78 Å². The number of rotatable bonds is 9. The monoisotopic (exact) mass is 312 g/mol. The Kier molecular flexibility index (Phi) is 6.67. The third-order valence-corrected chi connectivity index (χ3v) is 3.77. The molecule has 0 amide bonds. The Balaban J connectivity index is 1.96. The maximum absolute atomic E-state index is 12.2. The van der Waals surface area contributed by atoms with E-state index in [0.717, 1.165) is 31.2 Å². The Bertz CT molecular complexity index is 620. The SMILES string of the molecule is CCCCCCC(=O)c1cc(OCc2ccccc2)ccc1O. The second-order valence-electron chi connectivity index (χ2n) is 5.69. The largest absolute Gasteiger partial charge is 0.507 e. The fourth-order valence-corrected chi connectivity index (χ4v) is 2.42. The molecular weight excluding hydrogens is 288 g/mol. The number of benzene rings is 2. The Hall–Kier alpha value is -2.29. The smallest absolute Gasteiger partial charge is 0.166 e. The first-order valence-electron chi connectivity index (χ1n) is 8.23. The average Bonchev–Trinajstić information content (AvgIpc) is 2.58. The van der Waals surface area contributed by atoms with Crippen LogP contribution in [0.3, 0.4) is 0 Å². The van der Waals surface area contributed by atoms with Crippen LogP contribution in [0.15, 0.2) is 48.5 Å². The lowest BCUT2D eigenvalue weighted by Gasteiger charge is -2.09. The van der Waals surface area contributed by atoms with E-state index in [1.165, 1.54) is 6.07 Å². The van der Waals surface area contributed by atoms with E-state index < -0.39 is 0 Å². The number of phenols is 1. The van der Waals surface area contributed by atoms with Crippen LogP contribution in [0.1, 0.15) is 54.9 Å². The number of aromatic hydroxyl groups is 1. The van der Waals surface area contributed by atoms with E-state index >= 15 is 0 Å². The van der Waals surface area contributed by atoms with Gasteiger partial charge in [0, 0.05) is 6.42 Å². The van der Waals surface area contributed by atoms with Crippen LogP contribution in [0.4, 0.5) is 0 Å². The van der Waals surface area contributed by atoms with Gasteiger partial charge in [0.2, 0.25) is 0 Å². The molecule has 0 aromatic heterocycles. The second kappa shape index (κ2) is 8.99. The molecule has 0 bridgehead atoms. The van der Waals surface area contributed by atoms with Crippen molar-refractivity contribution < 1.29 is 14.6 Å². The van der Waals surface area contributed by atoms with Crippen LogP contribution in [-0.2, 0) is 6.61 Å². The molecule has 0 saturated heterocycles. The molecule has 3 nitrogen and oxygen atoms in total. The molecule has 0 aliphatic heterocycles. The number of carbonyl (C=O) groups is 1. The lowest BCUT2D eigenvalue weighted by atomic mass is 10.0. The number of ketones is 1. The average molecular weight is 312 g/mol. The van der Waals surface area contributed by atoms with E-state index in [4.69, 9.17) is 4.74 Å². The molecule has 0 spiro atoms. The zero-order valence-corrected chi connectivity index (χ0v) is 13.6. The molecule has 0 saturated carbocycles. The third kappa shape index (κ3) is 5.44. The van der Waals surface area contributed by atoms with Gasteiger partial charge in [-0.2, -0.15) is 0 Å². The number of carbonyl (C=O) groups excluding carboxylic acids is 1. The van der Waals surface area contributed by atoms with Gasteiger partial charge in [0.1, 0.15) is 18.1 Å². The standard InChI is InChI=1S/C20H24O3/c1-2-3-4-8-11-19(21)18-14-17(12-13-20(18)22)23-15-16-9-6-5-7-10-16/h5-7,9-10,12-14,22H,2-4,8,11,15H2,1H3. The highest BCUT2D eigenvalue weighted by atomic mass is 16.5. The van der Waals surface area contributed by atoms with E-state index in [1.807, 2.05) is 30.3 Å². The highest BCUT2D eigenvalue weighted by Gasteiger charge is 2.12. The Labute approximate surface area is 137 Å². The van der Waals surface area contributed by atoms with Gasteiger partial charge in [0.25, 0.3) is 0 Å². The summed E-state index contributed by atoms with van der Waals surface area (Å²) in [4.78, 5) is 12.2. The van der Waals surface area contributed by atoms with E-state index in [9.17, 15) is 9.90 Å². The molecule has 1 N–H and O–H groups in total. The predicted molar refractivity (Wildman–Crippen MR) is 92.0 cm³/mol. The van der Waals surface area contributed by atoms with E-state index in [-0.39, 0.29) is 11.5 Å². The van der Waals surface area contributed by atoms with Crippen LogP contribution in [0.25, 0.3) is 0 Å². The summed E-state index contributed by atoms with van der Waals surface area (Å²) in [7, 11) is 0. The summed E-state index contributed by atoms with van der Waals surface area (Å²) in [6.45, 7) is 2.58. The number of unbranched alkanes of at least 4 members (excludes halogenated alkanes) is 3. The number of ether oxygens (including phenoxy) is 1. The number of hydrogen-bond acceptors (Lipinski definition) is 3. The van der Waals surface area contributed by atoms with Gasteiger partial charge in [0.15, 0.2) is 5.78 Å². The molecule has 23 heavy (non-hydrogen) atoms. The van der Waals surface area contributed by atoms with Gasteiger partial charge >= 0.3 is 0 Å². The van der Waals surface area contributed by atoms with Crippen LogP contribution >= 0.6 is 0 Å². The van der Waals surface area contributed by atoms with Crippen molar-refractivity contribution in [2.75, 3.05) is 0 Å². The first-order valence-corrected chi connectivity index (χ1v) is 8.23. The van der Waals surface area contributed by atoms with Gasteiger partial charge in [-0.15, -0.1) is 0 Å². The molecule has 2 rings (SSSR count). The first-order chi connectivity index (χ1) is 11.2. The maximum Gasteiger partial charge on any atom is 0.166 e. The topological polar surface area (TPSA) is 46.5 Å². The van der Waals surface area contributed by atoms with Gasteiger partial charge in [-0.25, -0.2) is 0 Å². The molecule has 0 heterocycles. The van der Waals surface area contributed by atoms with Crippen molar-refractivity contribution in [3.8, 4) is 11.5 Å². The van der Waals surface area contributed by atoms with Gasteiger partial charge < -0.3 is 9.84 Å². The van der Waals surface area contributed by atoms with E-state index in [0.29, 0.717) is 24.3 Å². The minimum atomic E-state index is -0.0243. The van der Waals surface area contributed by atoms with Crippen molar-refractivity contribution in [1.29, 1.82) is 0 Å². The Morgan fingerprint density at radius 3 is 2.57 bits per heavy atom. The Morgan fingerprint density at radius 1 is 1.04 bits per heavy atom. The molecule has 0 unspecified atom stereocenters. The van der Waals surface area contributed by atoms with Crippen LogP contribution in [0.2, 0.25) is 0 Å². The second-order valence-corrected chi connectivity index (χ2v) is 5.69. The van der Waals surface area contributed by atoms with Crippen molar-refractivity contribution in [2.45, 2.75) is 45.6 Å². The normalized spacial score (nSPS) is 10.5. The van der Waals surface area contributed by atoms with Crippen LogP contribution in [0, 0.1) is 0 Å². The molecule has 0 atom stereocenters. The van der Waals surface area contributed by atoms with Crippen molar-refractivity contribution in [3.63, 3.8) is 0 Å². The van der Waals surface area contributed by atoms with Crippen LogP contribution < -0.4 is 4.74 Å². The van der Waals surface area contributed by atoms with Gasteiger partial charge in [0.05, 0.1) is 5.56 Å². The molecule has 2 aromatic carbocycles. The zero-order valence-electron chi connectivity index (χ0n) is 13.6. The molecule has 0 radical (unpaired) electrons. The third-order valence-electron chi connectivity index (χ3n) is 3.77. The van der Waals surface area contributed by atoms with Crippen molar-refractivity contribution in [1.82, 2.24) is 0 Å². The molecule has 2 aromatic rings. The molecule has 3 heteroatoms. The fraction of sp³-hybridized carbons (Fsp3) is 0.350. The number of phenolic OH excluding ortho intramolecular Hbond substituents is 1. The molecule has 0 fully saturated rings. The van der Waals surface area contributed by atoms with Crippen LogP contribution in [0.5, 0.6) is 11.5 Å².